The van der Waals surface area contributed by atoms with E-state index in [-0.39, 0.29) is 18.2 Å². The number of benzene rings is 2. The molecule has 7 nitrogen and oxygen atoms in total. The maximum absolute atomic E-state index is 12.2. The van der Waals surface area contributed by atoms with Gasteiger partial charge in [0.05, 0.1) is 6.54 Å². The van der Waals surface area contributed by atoms with Crippen molar-refractivity contribution in [1.82, 2.24) is 0 Å². The Morgan fingerprint density at radius 1 is 1.26 bits per heavy atom. The molecule has 2 aromatic rings. The highest BCUT2D eigenvalue weighted by Crippen LogP contribution is 2.23. The molecule has 1 heterocycles. The largest absolute Gasteiger partial charge is 0.490 e. The molecule has 0 spiro atoms. The Morgan fingerprint density at radius 3 is 2.67 bits per heavy atom. The number of ether oxygens (including phenoxy) is 2. The third-order valence-electron chi connectivity index (χ3n) is 4.28. The molecule has 1 saturated heterocycles. The number of anilines is 1. The van der Waals surface area contributed by atoms with Crippen LogP contribution in [-0.4, -0.2) is 37.0 Å². The van der Waals surface area contributed by atoms with Crippen molar-refractivity contribution in [3.05, 3.63) is 59.7 Å². The molecule has 0 radical (unpaired) electrons. The van der Waals surface area contributed by atoms with Gasteiger partial charge in [0.25, 0.3) is 0 Å². The smallest absolute Gasteiger partial charge is 0.414 e. The molecular weight excluding hydrogens is 346 g/mol. The van der Waals surface area contributed by atoms with Crippen LogP contribution in [0.5, 0.6) is 5.75 Å². The molecule has 140 valence electrons. The fraction of sp³-hybridized carbons (Fsp3) is 0.250. The van der Waals surface area contributed by atoms with Crippen LogP contribution in [-0.2, 0) is 4.74 Å². The number of cyclic esters (lactones) is 1. The molecule has 1 atom stereocenters. The monoisotopic (exact) mass is 367 g/mol. The summed E-state index contributed by atoms with van der Waals surface area (Å²) in [6, 6.07) is 13.8. The van der Waals surface area contributed by atoms with Gasteiger partial charge in [0.15, 0.2) is 11.9 Å². The summed E-state index contributed by atoms with van der Waals surface area (Å²) in [6.45, 7) is 2.36. The van der Waals surface area contributed by atoms with E-state index in [2.05, 4.69) is 0 Å². The number of carbonyl (C=O) groups excluding carboxylic acids is 2. The second kappa shape index (κ2) is 7.90. The molecule has 0 saturated carbocycles. The van der Waals surface area contributed by atoms with E-state index in [1.165, 1.54) is 4.90 Å². The van der Waals surface area contributed by atoms with Crippen LogP contribution in [0.4, 0.5) is 10.5 Å². The van der Waals surface area contributed by atoms with E-state index in [4.69, 9.17) is 20.6 Å². The Bertz CT molecular complexity index is 864. The van der Waals surface area contributed by atoms with Crippen molar-refractivity contribution in [3.63, 3.8) is 0 Å². The van der Waals surface area contributed by atoms with Gasteiger partial charge in [-0.1, -0.05) is 19.1 Å². The summed E-state index contributed by atoms with van der Waals surface area (Å²) < 4.78 is 11.0. The van der Waals surface area contributed by atoms with E-state index in [9.17, 15) is 9.59 Å². The van der Waals surface area contributed by atoms with Crippen molar-refractivity contribution in [1.29, 1.82) is 5.41 Å². The zero-order valence-corrected chi connectivity index (χ0v) is 15.0. The number of nitrogens with two attached hydrogens (primary N) is 1. The third kappa shape index (κ3) is 4.25. The topological polar surface area (TPSA) is 106 Å². The first-order valence-electron chi connectivity index (χ1n) is 8.66. The zero-order valence-electron chi connectivity index (χ0n) is 15.0. The van der Waals surface area contributed by atoms with Crippen molar-refractivity contribution < 1.29 is 19.1 Å². The highest BCUT2D eigenvalue weighted by molar-refractivity contribution is 5.97. The van der Waals surface area contributed by atoms with Gasteiger partial charge in [0.2, 0.25) is 0 Å². The van der Waals surface area contributed by atoms with Crippen LogP contribution in [0.2, 0.25) is 0 Å². The number of ketones is 1. The van der Waals surface area contributed by atoms with Gasteiger partial charge in [-0.15, -0.1) is 0 Å². The van der Waals surface area contributed by atoms with Gasteiger partial charge < -0.3 is 15.2 Å². The first-order valence-corrected chi connectivity index (χ1v) is 8.66. The second-order valence-electron chi connectivity index (χ2n) is 6.19. The Morgan fingerprint density at radius 2 is 2.00 bits per heavy atom. The minimum Gasteiger partial charge on any atom is -0.490 e. The number of nitrogens with zero attached hydrogens (tertiary/aromatic N) is 1. The van der Waals surface area contributed by atoms with E-state index in [0.29, 0.717) is 35.5 Å². The van der Waals surface area contributed by atoms with Crippen LogP contribution < -0.4 is 15.4 Å². The number of hydrogen-bond donors (Lipinski definition) is 2. The second-order valence-corrected chi connectivity index (χ2v) is 6.19. The molecule has 1 unspecified atom stereocenters. The minimum atomic E-state index is -0.465. The van der Waals surface area contributed by atoms with E-state index in [1.807, 2.05) is 6.92 Å². The van der Waals surface area contributed by atoms with Gasteiger partial charge in [-0.2, -0.15) is 0 Å². The van der Waals surface area contributed by atoms with Crippen molar-refractivity contribution >= 4 is 23.4 Å². The molecule has 27 heavy (non-hydrogen) atoms. The van der Waals surface area contributed by atoms with E-state index >= 15 is 0 Å². The lowest BCUT2D eigenvalue weighted by atomic mass is 10.1. The average molecular weight is 367 g/mol. The average Bonchev–Trinajstić information content (AvgIpc) is 3.07. The maximum Gasteiger partial charge on any atom is 0.414 e. The van der Waals surface area contributed by atoms with Crippen molar-refractivity contribution in [2.45, 2.75) is 19.4 Å². The van der Waals surface area contributed by atoms with Crippen LogP contribution in [0.15, 0.2) is 48.5 Å². The molecule has 0 aromatic heterocycles. The maximum atomic E-state index is 12.2. The number of Topliss-reactive ketones (excluding diaryl/α,β-unsaturated/α-hetero) is 1. The standard InChI is InChI=1S/C20H21N3O4/c1-2-18(24)13-6-8-16(9-7-13)26-12-17-11-23(20(25)27-17)15-5-3-4-14(10-15)19(21)22/h3-10,17H,2,11-12H2,1H3,(H3,21,22). The van der Waals surface area contributed by atoms with Gasteiger partial charge in [-0.25, -0.2) is 4.79 Å². The first kappa shape index (κ1) is 18.4. The number of carbonyl (C=O) groups is 2. The van der Waals surface area contributed by atoms with Crippen molar-refractivity contribution in [2.75, 3.05) is 18.1 Å². The summed E-state index contributed by atoms with van der Waals surface area (Å²) in [5, 5.41) is 7.51. The van der Waals surface area contributed by atoms with Crippen LogP contribution in [0.25, 0.3) is 0 Å². The summed E-state index contributed by atoms with van der Waals surface area (Å²) >= 11 is 0. The number of amidine groups is 1. The van der Waals surface area contributed by atoms with Gasteiger partial charge in [-0.05, 0) is 36.4 Å². The molecule has 1 aliphatic rings. The Labute approximate surface area is 157 Å². The molecule has 1 aliphatic heterocycles. The van der Waals surface area contributed by atoms with E-state index in [1.54, 1.807) is 48.5 Å². The minimum absolute atomic E-state index is 0.0608. The molecule has 2 aromatic carbocycles. The summed E-state index contributed by atoms with van der Waals surface area (Å²) in [6.07, 6.45) is -0.428. The lowest BCUT2D eigenvalue weighted by molar-refractivity contribution is 0.0985. The van der Waals surface area contributed by atoms with E-state index in [0.717, 1.165) is 0 Å². The number of rotatable bonds is 7. The summed E-state index contributed by atoms with van der Waals surface area (Å²) in [5.74, 6) is 0.625. The molecule has 1 fully saturated rings. The third-order valence-corrected chi connectivity index (χ3v) is 4.28. The number of amides is 1. The Balaban J connectivity index is 1.60. The van der Waals surface area contributed by atoms with Crippen LogP contribution >= 0.6 is 0 Å². The summed E-state index contributed by atoms with van der Waals surface area (Å²) in [4.78, 5) is 25.3. The fourth-order valence-electron chi connectivity index (χ4n) is 2.79. The normalized spacial score (nSPS) is 16.1. The number of hydrogen-bond acceptors (Lipinski definition) is 5. The molecule has 7 heteroatoms. The zero-order chi connectivity index (χ0) is 19.4. The fourth-order valence-corrected chi connectivity index (χ4v) is 2.79. The first-order chi connectivity index (χ1) is 13.0. The molecule has 1 amide bonds. The predicted octanol–water partition coefficient (Wildman–Crippen LogP) is 2.97. The molecule has 0 bridgehead atoms. The van der Waals surface area contributed by atoms with Gasteiger partial charge in [0.1, 0.15) is 18.2 Å². The molecular formula is C20H21N3O4. The van der Waals surface area contributed by atoms with Crippen LogP contribution in [0.3, 0.4) is 0 Å². The van der Waals surface area contributed by atoms with Gasteiger partial charge in [-0.3, -0.25) is 15.1 Å². The van der Waals surface area contributed by atoms with Crippen LogP contribution in [0.1, 0.15) is 29.3 Å². The summed E-state index contributed by atoms with van der Waals surface area (Å²) in [7, 11) is 0. The van der Waals surface area contributed by atoms with Crippen molar-refractivity contribution in [2.24, 2.45) is 5.73 Å². The molecule has 3 rings (SSSR count). The highest BCUT2D eigenvalue weighted by Gasteiger charge is 2.33. The summed E-state index contributed by atoms with van der Waals surface area (Å²) in [5.41, 5.74) is 7.31. The lowest BCUT2D eigenvalue weighted by Gasteiger charge is -2.14. The predicted molar refractivity (Wildman–Crippen MR) is 102 cm³/mol. The quantitative estimate of drug-likeness (QED) is 0.445. The number of nitrogen functional groups attached to an aromatic ring is 1. The van der Waals surface area contributed by atoms with Crippen LogP contribution in [0, 0.1) is 5.41 Å². The molecule has 0 aliphatic carbocycles. The van der Waals surface area contributed by atoms with E-state index < -0.39 is 12.2 Å². The SMILES string of the molecule is CCC(=O)c1ccc(OCC2CN(c3cccc(C(=N)N)c3)C(=O)O2)cc1. The Kier molecular flexibility index (Phi) is 5.40. The number of nitrogens with one attached hydrogen (secondary N) is 1. The highest BCUT2D eigenvalue weighted by atomic mass is 16.6. The Hall–Kier alpha value is -3.35. The molecule has 3 N–H and O–H groups in total. The van der Waals surface area contributed by atoms with Gasteiger partial charge in [0, 0.05) is 23.2 Å². The van der Waals surface area contributed by atoms with Crippen molar-refractivity contribution in [3.8, 4) is 5.75 Å². The lowest BCUT2D eigenvalue weighted by Crippen LogP contribution is -2.27. The van der Waals surface area contributed by atoms with Gasteiger partial charge >= 0.3 is 6.09 Å².